The fourth-order valence-corrected chi connectivity index (χ4v) is 2.71. The molecular weight excluding hydrogens is 324 g/mol. The molecule has 0 atom stereocenters. The molecule has 0 radical (unpaired) electrons. The van der Waals surface area contributed by atoms with Gasteiger partial charge in [-0.25, -0.2) is 0 Å². The highest BCUT2D eigenvalue weighted by atomic mass is 16.5. The van der Waals surface area contributed by atoms with Crippen LogP contribution in [0.5, 0.6) is 5.75 Å². The first-order valence-electron chi connectivity index (χ1n) is 8.12. The average Bonchev–Trinajstić information content (AvgIpc) is 2.61. The van der Waals surface area contributed by atoms with Crippen LogP contribution in [0.15, 0.2) is 42.0 Å². The second-order valence-corrected chi connectivity index (χ2v) is 5.93. The Hall–Kier alpha value is -3.50. The lowest BCUT2D eigenvalue weighted by molar-refractivity contribution is -0.112. The number of nitrogens with zero attached hydrogens (tertiary/aromatic N) is 1. The van der Waals surface area contributed by atoms with Gasteiger partial charge in [-0.15, -0.1) is 6.42 Å². The summed E-state index contributed by atoms with van der Waals surface area (Å²) < 4.78 is 5.46. The number of carbonyl (C=O) groups is 1. The van der Waals surface area contributed by atoms with Crippen LogP contribution >= 0.6 is 0 Å². The maximum absolute atomic E-state index is 12.6. The van der Waals surface area contributed by atoms with Gasteiger partial charge >= 0.3 is 0 Å². The smallest absolute Gasteiger partial charge is 0.266 e. The summed E-state index contributed by atoms with van der Waals surface area (Å²) in [6, 6.07) is 13.0. The van der Waals surface area contributed by atoms with Gasteiger partial charge in [-0.3, -0.25) is 4.79 Å². The summed E-state index contributed by atoms with van der Waals surface area (Å²) in [4.78, 5) is 12.6. The summed E-state index contributed by atoms with van der Waals surface area (Å²) in [5.41, 5.74) is 4.34. The van der Waals surface area contributed by atoms with E-state index < -0.39 is 5.91 Å². The molecule has 0 unspecified atom stereocenters. The molecule has 0 fully saturated rings. The van der Waals surface area contributed by atoms with Crippen LogP contribution < -0.4 is 10.1 Å². The molecule has 0 aliphatic carbocycles. The van der Waals surface area contributed by atoms with Gasteiger partial charge in [-0.2, -0.15) is 5.26 Å². The fraction of sp³-hybridized carbons (Fsp3) is 0.182. The molecule has 2 aromatic rings. The van der Waals surface area contributed by atoms with Crippen molar-refractivity contribution < 1.29 is 9.53 Å². The Morgan fingerprint density at radius 3 is 2.50 bits per heavy atom. The standard InChI is InChI=1S/C22H20N2O2/c1-5-10-26-20-9-7-6-8-18(20)13-19(14-23)22(25)24-21-16(3)11-15(2)12-17(21)4/h1,6-9,11-13H,10H2,2-4H3,(H,24,25)/b19-13+. The minimum atomic E-state index is -0.464. The number of nitrogens with one attached hydrogen (secondary N) is 1. The second-order valence-electron chi connectivity index (χ2n) is 5.93. The van der Waals surface area contributed by atoms with Crippen LogP contribution in [-0.2, 0) is 4.79 Å². The molecule has 26 heavy (non-hydrogen) atoms. The maximum atomic E-state index is 12.6. The third-order valence-corrected chi connectivity index (χ3v) is 3.81. The SMILES string of the molecule is C#CCOc1ccccc1/C=C(\C#N)C(=O)Nc1c(C)cc(C)cc1C. The molecule has 1 amide bonds. The molecular formula is C22H20N2O2. The molecule has 4 heteroatoms. The number of aryl methyl sites for hydroxylation is 3. The molecule has 130 valence electrons. The summed E-state index contributed by atoms with van der Waals surface area (Å²) >= 11 is 0. The van der Waals surface area contributed by atoms with Gasteiger partial charge in [-0.05, 0) is 44.0 Å². The normalized spacial score (nSPS) is 10.6. The number of hydrogen-bond donors (Lipinski definition) is 1. The van der Waals surface area contributed by atoms with Gasteiger partial charge in [0.2, 0.25) is 0 Å². The van der Waals surface area contributed by atoms with Gasteiger partial charge in [-0.1, -0.05) is 41.8 Å². The number of terminal acetylenes is 1. The molecule has 0 spiro atoms. The lowest BCUT2D eigenvalue weighted by Gasteiger charge is -2.12. The van der Waals surface area contributed by atoms with Crippen LogP contribution in [0.4, 0.5) is 5.69 Å². The van der Waals surface area contributed by atoms with E-state index in [-0.39, 0.29) is 12.2 Å². The van der Waals surface area contributed by atoms with E-state index in [0.29, 0.717) is 11.3 Å². The molecule has 0 saturated heterocycles. The van der Waals surface area contributed by atoms with E-state index in [0.717, 1.165) is 22.4 Å². The van der Waals surface area contributed by atoms with Crippen molar-refractivity contribution in [3.05, 3.63) is 64.2 Å². The third kappa shape index (κ3) is 4.53. The van der Waals surface area contributed by atoms with Gasteiger partial charge in [0.25, 0.3) is 5.91 Å². The number of anilines is 1. The zero-order chi connectivity index (χ0) is 19.1. The van der Waals surface area contributed by atoms with Crippen LogP contribution in [0, 0.1) is 44.4 Å². The summed E-state index contributed by atoms with van der Waals surface area (Å²) in [5.74, 6) is 2.45. The highest BCUT2D eigenvalue weighted by molar-refractivity contribution is 6.10. The van der Waals surface area contributed by atoms with Crippen molar-refractivity contribution in [1.82, 2.24) is 0 Å². The first kappa shape index (κ1) is 18.8. The summed E-state index contributed by atoms with van der Waals surface area (Å²) in [6.45, 7) is 5.96. The van der Waals surface area contributed by atoms with E-state index in [2.05, 4.69) is 11.2 Å². The summed E-state index contributed by atoms with van der Waals surface area (Å²) in [7, 11) is 0. The van der Waals surface area contributed by atoms with E-state index in [1.54, 1.807) is 24.3 Å². The van der Waals surface area contributed by atoms with Crippen LogP contribution in [0.3, 0.4) is 0 Å². The molecule has 0 aromatic heterocycles. The molecule has 0 saturated carbocycles. The van der Waals surface area contributed by atoms with Crippen LogP contribution in [-0.4, -0.2) is 12.5 Å². The molecule has 4 nitrogen and oxygen atoms in total. The monoisotopic (exact) mass is 344 g/mol. The van der Waals surface area contributed by atoms with E-state index in [1.165, 1.54) is 6.08 Å². The lowest BCUT2D eigenvalue weighted by atomic mass is 10.0. The number of carbonyl (C=O) groups excluding carboxylic acids is 1. The highest BCUT2D eigenvalue weighted by Gasteiger charge is 2.14. The predicted octanol–water partition coefficient (Wildman–Crippen LogP) is 4.17. The quantitative estimate of drug-likeness (QED) is 0.503. The van der Waals surface area contributed by atoms with Gasteiger partial charge in [0.1, 0.15) is 24.0 Å². The minimum absolute atomic E-state index is 0.0128. The van der Waals surface area contributed by atoms with E-state index in [9.17, 15) is 10.1 Å². The fourth-order valence-electron chi connectivity index (χ4n) is 2.71. The number of para-hydroxylation sites is 1. The average molecular weight is 344 g/mol. The zero-order valence-corrected chi connectivity index (χ0v) is 15.1. The van der Waals surface area contributed by atoms with Crippen molar-refractivity contribution >= 4 is 17.7 Å². The number of hydrogen-bond acceptors (Lipinski definition) is 3. The zero-order valence-electron chi connectivity index (χ0n) is 15.1. The Kier molecular flexibility index (Phi) is 6.20. The summed E-state index contributed by atoms with van der Waals surface area (Å²) in [5, 5.41) is 12.3. The van der Waals surface area contributed by atoms with Gasteiger partial charge in [0.15, 0.2) is 0 Å². The van der Waals surface area contributed by atoms with Gasteiger partial charge < -0.3 is 10.1 Å². The number of nitriles is 1. The van der Waals surface area contributed by atoms with Gasteiger partial charge in [0.05, 0.1) is 0 Å². The largest absolute Gasteiger partial charge is 0.480 e. The molecule has 0 bridgehead atoms. The van der Waals surface area contributed by atoms with E-state index >= 15 is 0 Å². The van der Waals surface area contributed by atoms with Crippen molar-refractivity contribution in [3.63, 3.8) is 0 Å². The molecule has 2 aromatic carbocycles. The Labute approximate surface area is 154 Å². The van der Waals surface area contributed by atoms with E-state index in [4.69, 9.17) is 11.2 Å². The van der Waals surface area contributed by atoms with Crippen molar-refractivity contribution in [2.45, 2.75) is 20.8 Å². The van der Waals surface area contributed by atoms with Crippen molar-refractivity contribution in [2.75, 3.05) is 11.9 Å². The van der Waals surface area contributed by atoms with Crippen molar-refractivity contribution in [3.8, 4) is 24.2 Å². The van der Waals surface area contributed by atoms with Crippen LogP contribution in [0.2, 0.25) is 0 Å². The Bertz CT molecular complexity index is 920. The summed E-state index contributed by atoms with van der Waals surface area (Å²) in [6.07, 6.45) is 6.72. The molecule has 2 rings (SSSR count). The number of ether oxygens (including phenoxy) is 1. The van der Waals surface area contributed by atoms with Crippen molar-refractivity contribution in [2.24, 2.45) is 0 Å². The van der Waals surface area contributed by atoms with Gasteiger partial charge in [0, 0.05) is 11.3 Å². The topological polar surface area (TPSA) is 62.1 Å². The number of amides is 1. The number of benzene rings is 2. The lowest BCUT2D eigenvalue weighted by Crippen LogP contribution is -2.15. The second kappa shape index (κ2) is 8.55. The van der Waals surface area contributed by atoms with Crippen LogP contribution in [0.1, 0.15) is 22.3 Å². The van der Waals surface area contributed by atoms with Crippen molar-refractivity contribution in [1.29, 1.82) is 5.26 Å². The minimum Gasteiger partial charge on any atom is -0.480 e. The van der Waals surface area contributed by atoms with Crippen LogP contribution in [0.25, 0.3) is 6.08 Å². The Morgan fingerprint density at radius 1 is 1.23 bits per heavy atom. The molecule has 0 heterocycles. The Balaban J connectivity index is 2.32. The highest BCUT2D eigenvalue weighted by Crippen LogP contribution is 2.24. The molecule has 0 aliphatic heterocycles. The number of rotatable bonds is 5. The predicted molar refractivity (Wildman–Crippen MR) is 104 cm³/mol. The molecule has 1 N–H and O–H groups in total. The third-order valence-electron chi connectivity index (χ3n) is 3.81. The first-order chi connectivity index (χ1) is 12.5. The Morgan fingerprint density at radius 2 is 1.88 bits per heavy atom. The maximum Gasteiger partial charge on any atom is 0.266 e. The van der Waals surface area contributed by atoms with E-state index in [1.807, 2.05) is 39.0 Å². The molecule has 0 aliphatic rings. The first-order valence-corrected chi connectivity index (χ1v) is 8.12.